The Morgan fingerprint density at radius 2 is 1.87 bits per heavy atom. The van der Waals surface area contributed by atoms with E-state index in [9.17, 15) is 5.11 Å². The van der Waals surface area contributed by atoms with E-state index in [0.29, 0.717) is 23.5 Å². The van der Waals surface area contributed by atoms with Crippen LogP contribution in [0.1, 0.15) is 19.4 Å². The minimum absolute atomic E-state index is 0.161. The zero-order valence-electron chi connectivity index (χ0n) is 17.6. The van der Waals surface area contributed by atoms with Crippen LogP contribution in [0, 0.1) is 6.92 Å². The second-order valence-electron chi connectivity index (χ2n) is 8.28. The van der Waals surface area contributed by atoms with Crippen LogP contribution < -0.4 is 10.2 Å². The first-order valence-corrected chi connectivity index (χ1v) is 10.2. The van der Waals surface area contributed by atoms with Crippen molar-refractivity contribution in [2.75, 3.05) is 18.0 Å². The average Bonchev–Trinajstić information content (AvgIpc) is 3.10. The summed E-state index contributed by atoms with van der Waals surface area (Å²) in [5.74, 6) is 1.58. The Balaban J connectivity index is 1.55. The van der Waals surface area contributed by atoms with Gasteiger partial charge in [0, 0.05) is 49.4 Å². The Hall–Kier alpha value is -3.26. The molecule has 2 N–H and O–H groups in total. The van der Waals surface area contributed by atoms with Gasteiger partial charge in [0.05, 0.1) is 22.8 Å². The molecule has 0 radical (unpaired) electrons. The molecule has 1 aliphatic rings. The molecule has 0 spiro atoms. The van der Waals surface area contributed by atoms with Crippen LogP contribution in [0.25, 0.3) is 33.3 Å². The molecule has 8 nitrogen and oxygen atoms in total. The minimum Gasteiger partial charge on any atom is -0.507 e. The fourth-order valence-corrected chi connectivity index (χ4v) is 4.34. The van der Waals surface area contributed by atoms with Crippen molar-refractivity contribution in [2.45, 2.75) is 32.9 Å². The number of piperazine rings is 1. The highest BCUT2D eigenvalue weighted by Crippen LogP contribution is 2.35. The Morgan fingerprint density at radius 3 is 2.63 bits per heavy atom. The maximum absolute atomic E-state index is 10.7. The molecule has 1 saturated heterocycles. The van der Waals surface area contributed by atoms with Gasteiger partial charge < -0.3 is 15.3 Å². The average molecular weight is 403 g/mol. The van der Waals surface area contributed by atoms with Crippen LogP contribution in [-0.2, 0) is 7.05 Å². The third-order valence-corrected chi connectivity index (χ3v) is 5.67. The van der Waals surface area contributed by atoms with E-state index in [4.69, 9.17) is 4.98 Å². The predicted molar refractivity (Wildman–Crippen MR) is 118 cm³/mol. The van der Waals surface area contributed by atoms with Crippen LogP contribution in [0.3, 0.4) is 0 Å². The largest absolute Gasteiger partial charge is 0.507 e. The quantitative estimate of drug-likeness (QED) is 0.532. The first-order valence-electron chi connectivity index (χ1n) is 10.2. The molecule has 0 unspecified atom stereocenters. The smallest absolute Gasteiger partial charge is 0.163 e. The highest BCUT2D eigenvalue weighted by atomic mass is 16.3. The van der Waals surface area contributed by atoms with E-state index < -0.39 is 0 Å². The van der Waals surface area contributed by atoms with Gasteiger partial charge in [-0.05, 0) is 39.0 Å². The maximum atomic E-state index is 10.7. The molecule has 30 heavy (non-hydrogen) atoms. The van der Waals surface area contributed by atoms with Crippen molar-refractivity contribution in [3.8, 4) is 17.1 Å². The van der Waals surface area contributed by atoms with E-state index in [2.05, 4.69) is 39.1 Å². The molecule has 1 aliphatic heterocycles. The molecule has 1 aromatic carbocycles. The van der Waals surface area contributed by atoms with Gasteiger partial charge in [0.15, 0.2) is 5.82 Å². The third-order valence-electron chi connectivity index (χ3n) is 5.67. The number of phenols is 1. The zero-order valence-corrected chi connectivity index (χ0v) is 17.6. The molecule has 0 bridgehead atoms. The lowest BCUT2D eigenvalue weighted by Gasteiger charge is -2.36. The number of aromatic nitrogens is 5. The second-order valence-corrected chi connectivity index (χ2v) is 8.28. The maximum Gasteiger partial charge on any atom is 0.163 e. The number of nitrogens with one attached hydrogen (secondary N) is 1. The van der Waals surface area contributed by atoms with Crippen molar-refractivity contribution in [3.63, 3.8) is 0 Å². The van der Waals surface area contributed by atoms with Crippen LogP contribution >= 0.6 is 0 Å². The summed E-state index contributed by atoms with van der Waals surface area (Å²) in [4.78, 5) is 16.3. The fraction of sp³-hybridized carbons (Fsp3) is 0.364. The number of hydrogen-bond donors (Lipinski definition) is 2. The SMILES string of the molecule is Cc1c(O)c(-c2ncc3nc(N4C[C@H](C)N[C@@H](C)C4)ccc3n2)cc2cn(C)nc12. The predicted octanol–water partition coefficient (Wildman–Crippen LogP) is 2.78. The third kappa shape index (κ3) is 3.13. The number of rotatable bonds is 2. The molecule has 154 valence electrons. The van der Waals surface area contributed by atoms with Crippen molar-refractivity contribution in [3.05, 3.63) is 36.2 Å². The summed E-state index contributed by atoms with van der Waals surface area (Å²) in [5, 5.41) is 19.6. The molecule has 0 amide bonds. The van der Waals surface area contributed by atoms with Crippen LogP contribution in [0.2, 0.25) is 0 Å². The van der Waals surface area contributed by atoms with Crippen molar-refractivity contribution in [2.24, 2.45) is 7.05 Å². The summed E-state index contributed by atoms with van der Waals surface area (Å²) in [6.45, 7) is 8.07. The molecule has 0 aliphatic carbocycles. The fourth-order valence-electron chi connectivity index (χ4n) is 4.34. The van der Waals surface area contributed by atoms with E-state index in [1.807, 2.05) is 38.4 Å². The van der Waals surface area contributed by atoms with Gasteiger partial charge in [-0.1, -0.05) is 0 Å². The van der Waals surface area contributed by atoms with E-state index in [-0.39, 0.29) is 5.75 Å². The number of phenolic OH excluding ortho intramolecular Hbond substituents is 1. The van der Waals surface area contributed by atoms with Gasteiger partial charge in [-0.15, -0.1) is 0 Å². The normalized spacial score (nSPS) is 19.7. The number of anilines is 1. The summed E-state index contributed by atoms with van der Waals surface area (Å²) in [5.41, 5.74) is 3.60. The first-order chi connectivity index (χ1) is 14.4. The number of fused-ring (bicyclic) bond motifs is 2. The molecular formula is C22H25N7O. The van der Waals surface area contributed by atoms with Gasteiger partial charge in [-0.25, -0.2) is 15.0 Å². The van der Waals surface area contributed by atoms with Gasteiger partial charge in [0.25, 0.3) is 0 Å². The van der Waals surface area contributed by atoms with E-state index in [1.54, 1.807) is 10.9 Å². The topological polar surface area (TPSA) is 92.0 Å². The lowest BCUT2D eigenvalue weighted by molar-refractivity contribution is 0.405. The second kappa shape index (κ2) is 6.91. The summed E-state index contributed by atoms with van der Waals surface area (Å²) < 4.78 is 1.74. The molecule has 4 heterocycles. The van der Waals surface area contributed by atoms with E-state index in [1.165, 1.54) is 0 Å². The van der Waals surface area contributed by atoms with Gasteiger partial charge in [0.1, 0.15) is 17.1 Å². The number of benzene rings is 1. The molecule has 2 atom stereocenters. The number of aryl methyl sites for hydroxylation is 2. The lowest BCUT2D eigenvalue weighted by atomic mass is 10.1. The standard InChI is InChI=1S/C22H25N7O/c1-12-9-29(10-13(2)24-12)19-6-5-17-18(25-19)8-23-22(26-17)16-7-15-11-28(4)27-20(15)14(3)21(16)30/h5-8,11-13,24,30H,9-10H2,1-4H3/t12-,13-/m0/s1. The summed E-state index contributed by atoms with van der Waals surface area (Å²) in [7, 11) is 1.87. The van der Waals surface area contributed by atoms with Crippen molar-refractivity contribution in [1.82, 2.24) is 30.0 Å². The number of hydrogen-bond acceptors (Lipinski definition) is 7. The van der Waals surface area contributed by atoms with Crippen LogP contribution in [0.5, 0.6) is 5.75 Å². The summed E-state index contributed by atoms with van der Waals surface area (Å²) in [6, 6.07) is 6.71. The number of nitrogens with zero attached hydrogens (tertiary/aromatic N) is 6. The molecule has 5 rings (SSSR count). The van der Waals surface area contributed by atoms with E-state index >= 15 is 0 Å². The zero-order chi connectivity index (χ0) is 21.0. The Labute approximate surface area is 174 Å². The van der Waals surface area contributed by atoms with Crippen LogP contribution in [0.15, 0.2) is 30.6 Å². The highest BCUT2D eigenvalue weighted by Gasteiger charge is 2.22. The molecule has 0 saturated carbocycles. The molecule has 1 fully saturated rings. The van der Waals surface area contributed by atoms with Crippen LogP contribution in [-0.4, -0.2) is 55.0 Å². The van der Waals surface area contributed by atoms with Crippen molar-refractivity contribution in [1.29, 1.82) is 0 Å². The molecule has 8 heteroatoms. The molecular weight excluding hydrogens is 378 g/mol. The molecule has 4 aromatic rings. The molecule has 3 aromatic heterocycles. The van der Waals surface area contributed by atoms with Crippen LogP contribution in [0.4, 0.5) is 5.82 Å². The number of pyridine rings is 1. The number of aromatic hydroxyl groups is 1. The Morgan fingerprint density at radius 1 is 1.10 bits per heavy atom. The monoisotopic (exact) mass is 403 g/mol. The minimum atomic E-state index is 0.161. The Kier molecular flexibility index (Phi) is 4.32. The van der Waals surface area contributed by atoms with Crippen molar-refractivity contribution >= 4 is 27.8 Å². The van der Waals surface area contributed by atoms with E-state index in [0.717, 1.165) is 46.4 Å². The summed E-state index contributed by atoms with van der Waals surface area (Å²) in [6.07, 6.45) is 3.66. The van der Waals surface area contributed by atoms with Gasteiger partial charge in [-0.3, -0.25) is 4.68 Å². The Bertz CT molecular complexity index is 1260. The first kappa shape index (κ1) is 18.7. The highest BCUT2D eigenvalue weighted by molar-refractivity contribution is 5.90. The van der Waals surface area contributed by atoms with Gasteiger partial charge >= 0.3 is 0 Å². The lowest BCUT2D eigenvalue weighted by Crippen LogP contribution is -2.54. The van der Waals surface area contributed by atoms with Crippen molar-refractivity contribution < 1.29 is 5.11 Å². The van der Waals surface area contributed by atoms with Gasteiger partial charge in [0.2, 0.25) is 0 Å². The summed E-state index contributed by atoms with van der Waals surface area (Å²) >= 11 is 0. The van der Waals surface area contributed by atoms with Gasteiger partial charge in [-0.2, -0.15) is 5.10 Å².